The van der Waals surface area contributed by atoms with Crippen LogP contribution in [-0.4, -0.2) is 24.5 Å². The maximum absolute atomic E-state index is 2.96. The minimum Gasteiger partial charge on any atom is -0.301 e. The van der Waals surface area contributed by atoms with Crippen molar-refractivity contribution in [3.05, 3.63) is 82.2 Å². The first kappa shape index (κ1) is 25.1. The van der Waals surface area contributed by atoms with E-state index in [9.17, 15) is 0 Å². The van der Waals surface area contributed by atoms with E-state index < -0.39 is 0 Å². The first-order valence-electron chi connectivity index (χ1n) is 20.4. The zero-order chi connectivity index (χ0) is 32.9. The van der Waals surface area contributed by atoms with Crippen LogP contribution in [-0.2, 0) is 10.8 Å². The highest BCUT2D eigenvalue weighted by molar-refractivity contribution is 6.64. The molecule has 242 valence electrons. The maximum Gasteiger partial charge on any atom is 0.0498 e. The molecule has 5 aliphatic rings. The van der Waals surface area contributed by atoms with Gasteiger partial charge in [0.2, 0.25) is 0 Å². The van der Waals surface area contributed by atoms with Crippen molar-refractivity contribution in [3.8, 4) is 0 Å². The van der Waals surface area contributed by atoms with E-state index in [0.717, 1.165) is 13.1 Å². The van der Waals surface area contributed by atoms with Gasteiger partial charge in [0, 0.05) is 23.9 Å². The quantitative estimate of drug-likeness (QED) is 0.116. The Balaban J connectivity index is 1.13. The smallest absolute Gasteiger partial charge is 0.0498 e. The van der Waals surface area contributed by atoms with E-state index in [4.69, 9.17) is 0 Å². The number of hydrogen-bond acceptors (Lipinski definition) is 1. The van der Waals surface area contributed by atoms with Gasteiger partial charge >= 0.3 is 0 Å². The minimum absolute atomic E-state index is 0.0422. The van der Waals surface area contributed by atoms with Gasteiger partial charge in [-0.15, -0.1) is 0 Å². The van der Waals surface area contributed by atoms with E-state index in [2.05, 4.69) is 72.5 Å². The van der Waals surface area contributed by atoms with Crippen LogP contribution in [0.2, 0.25) is 0 Å². The largest absolute Gasteiger partial charge is 0.301 e. The number of benzene rings is 8. The summed E-state index contributed by atoms with van der Waals surface area (Å²) in [5.41, 5.74) is 6.65. The molecule has 1 fully saturated rings. The van der Waals surface area contributed by atoms with Crippen LogP contribution >= 0.6 is 0 Å². The Labute approximate surface area is 298 Å². The van der Waals surface area contributed by atoms with Crippen molar-refractivity contribution < 1.29 is 0 Å². The average Bonchev–Trinajstić information content (AvgIpc) is 4.01. The lowest BCUT2D eigenvalue weighted by Gasteiger charge is -2.50. The van der Waals surface area contributed by atoms with Crippen LogP contribution in [0.5, 0.6) is 0 Å². The van der Waals surface area contributed by atoms with Gasteiger partial charge in [0.25, 0.3) is 0 Å². The second-order valence-electron chi connectivity index (χ2n) is 18.2. The molecule has 1 heteroatoms. The van der Waals surface area contributed by atoms with Gasteiger partial charge < -0.3 is 4.90 Å². The van der Waals surface area contributed by atoms with Crippen molar-refractivity contribution in [3.63, 3.8) is 0 Å². The Morgan fingerprint density at radius 3 is 1.23 bits per heavy atom. The van der Waals surface area contributed by atoms with E-state index in [1.54, 1.807) is 119 Å². The fourth-order valence-corrected chi connectivity index (χ4v) is 15.4. The lowest BCUT2D eigenvalue weighted by atomic mass is 9.50. The van der Waals surface area contributed by atoms with E-state index in [0.29, 0.717) is 0 Å². The summed E-state index contributed by atoms with van der Waals surface area (Å²) in [6, 6.07) is 20.2. The number of likely N-dealkylation sites (tertiary alicyclic amines) is 1. The third-order valence-electron chi connectivity index (χ3n) is 16.7. The molecular weight excluding hydrogens is 627 g/mol. The normalized spacial score (nSPS) is 23.5. The van der Waals surface area contributed by atoms with Crippen LogP contribution in [0.1, 0.15) is 63.0 Å². The Morgan fingerprint density at radius 2 is 0.769 bits per heavy atom. The first-order chi connectivity index (χ1) is 25.8. The number of fused-ring (bicyclic) bond motifs is 3. The molecule has 1 heterocycles. The monoisotopic (exact) mass is 659 g/mol. The van der Waals surface area contributed by atoms with Crippen LogP contribution in [0.3, 0.4) is 0 Å². The second kappa shape index (κ2) is 7.17. The highest BCUT2D eigenvalue weighted by atomic mass is 15.2. The summed E-state index contributed by atoms with van der Waals surface area (Å²) in [5, 5.41) is 37.6. The summed E-state index contributed by atoms with van der Waals surface area (Å²) in [4.78, 5) is 2.96. The maximum atomic E-state index is 2.96. The molecule has 2 atom stereocenters. The fourth-order valence-electron chi connectivity index (χ4n) is 15.4. The van der Waals surface area contributed by atoms with Gasteiger partial charge in [-0.3, -0.25) is 0 Å². The van der Waals surface area contributed by atoms with E-state index in [1.165, 1.54) is 83.8 Å². The zero-order valence-electron chi connectivity index (χ0n) is 29.3. The molecule has 1 saturated heterocycles. The molecule has 0 N–H and O–H groups in total. The van der Waals surface area contributed by atoms with Crippen molar-refractivity contribution >= 4 is 130 Å². The summed E-state index contributed by atoms with van der Waals surface area (Å²) in [6.45, 7) is 5.85. The Morgan fingerprint density at radius 1 is 0.404 bits per heavy atom. The number of hydrogen-bond donors (Lipinski definition) is 0. The van der Waals surface area contributed by atoms with Crippen molar-refractivity contribution in [1.29, 1.82) is 0 Å². The number of nitrogens with zero attached hydrogens (tertiary/aromatic N) is 1. The van der Waals surface area contributed by atoms with Gasteiger partial charge in [-0.25, -0.2) is 0 Å². The molecule has 2 unspecified atom stereocenters. The first-order valence-corrected chi connectivity index (χ1v) is 20.4. The molecule has 1 nitrogen and oxygen atoms in total. The molecule has 0 amide bonds. The summed E-state index contributed by atoms with van der Waals surface area (Å²) < 4.78 is 0. The highest BCUT2D eigenvalue weighted by Gasteiger charge is 2.69. The van der Waals surface area contributed by atoms with Crippen LogP contribution < -0.4 is 10.4 Å². The summed E-state index contributed by atoms with van der Waals surface area (Å²) in [7, 11) is 0. The van der Waals surface area contributed by atoms with Crippen molar-refractivity contribution in [2.45, 2.75) is 62.7 Å². The van der Waals surface area contributed by atoms with E-state index in [-0.39, 0.29) is 10.8 Å². The topological polar surface area (TPSA) is 3.24 Å². The predicted molar refractivity (Wildman–Crippen MR) is 221 cm³/mol. The average molecular weight is 660 g/mol. The van der Waals surface area contributed by atoms with Crippen molar-refractivity contribution in [2.24, 2.45) is 0 Å². The van der Waals surface area contributed by atoms with Crippen LogP contribution in [0.15, 0.2) is 60.7 Å². The predicted octanol–water partition coefficient (Wildman–Crippen LogP) is 11.3. The number of rotatable bonds is 8. The molecule has 4 aliphatic carbocycles. The fraction of sp³-hybridized carbons (Fsp3) is 0.255. The molecular formula is C51H33N. The molecule has 52 heavy (non-hydrogen) atoms. The SMILES string of the molecule is CCCCCCCCCN1CC23C4=c5ccc6c7ccc8c9ccc%10c%11ccc%12c%13c(c%14c%15c2c5c6c2c7c8c5c9c%10c(c%13%11)c%14c5c%152)C3(C1)C=%12C=C4. The Kier molecular flexibility index (Phi) is 3.46. The molecule has 0 bridgehead atoms. The van der Waals surface area contributed by atoms with Crippen LogP contribution in [0.4, 0.5) is 0 Å². The van der Waals surface area contributed by atoms with E-state index in [1.807, 2.05) is 0 Å². The standard InChI is InChI=1S/C51H33N/c1-2-3-4-5-6-7-8-19-52-20-50-30-17-18-31-29-16-14-27-25-12-10-23-22-9-11-24-26-13-15-28(30)38-36(26)41-34(24)32(22)40-33(23)35(25)42-37(27)39(29)49(51(31,50)21-52)47-45(42)43(40)44(41)46(47)48(38)50/h9-18H,2-8,19-21H2,1H3. The number of unbranched alkanes of at least 4 members (excludes halogenated alkanes) is 6. The third-order valence-corrected chi connectivity index (χ3v) is 16.7. The molecule has 0 radical (unpaired) electrons. The molecule has 0 aromatic heterocycles. The summed E-state index contributed by atoms with van der Waals surface area (Å²) in [6.07, 6.45) is 14.9. The lowest BCUT2D eigenvalue weighted by molar-refractivity contribution is 0.313. The van der Waals surface area contributed by atoms with Gasteiger partial charge in [-0.2, -0.15) is 0 Å². The second-order valence-corrected chi connectivity index (χ2v) is 18.2. The highest BCUT2D eigenvalue weighted by Crippen LogP contribution is 2.74. The molecule has 12 aromatic rings. The van der Waals surface area contributed by atoms with E-state index >= 15 is 0 Å². The zero-order valence-corrected chi connectivity index (χ0v) is 29.3. The molecule has 0 saturated carbocycles. The van der Waals surface area contributed by atoms with Gasteiger partial charge in [-0.1, -0.05) is 106 Å². The molecule has 12 aromatic carbocycles. The Hall–Kier alpha value is -4.98. The molecule has 1 aliphatic heterocycles. The van der Waals surface area contributed by atoms with Crippen LogP contribution in [0.25, 0.3) is 130 Å². The third kappa shape index (κ3) is 1.94. The summed E-state index contributed by atoms with van der Waals surface area (Å²) >= 11 is 0. The molecule has 17 rings (SSSR count). The van der Waals surface area contributed by atoms with Crippen LogP contribution in [0, 0.1) is 0 Å². The Bertz CT molecular complexity index is 3580. The van der Waals surface area contributed by atoms with Gasteiger partial charge in [-0.05, 0) is 164 Å². The lowest BCUT2D eigenvalue weighted by Crippen LogP contribution is -2.51. The van der Waals surface area contributed by atoms with Gasteiger partial charge in [0.05, 0.1) is 0 Å². The van der Waals surface area contributed by atoms with Crippen molar-refractivity contribution in [2.75, 3.05) is 19.6 Å². The summed E-state index contributed by atoms with van der Waals surface area (Å²) in [5.74, 6) is 0. The number of allylic oxidation sites excluding steroid dienone is 2. The molecule has 2 spiro atoms. The van der Waals surface area contributed by atoms with Gasteiger partial charge in [0.1, 0.15) is 0 Å². The van der Waals surface area contributed by atoms with Gasteiger partial charge in [0.15, 0.2) is 0 Å². The van der Waals surface area contributed by atoms with Crippen molar-refractivity contribution in [1.82, 2.24) is 4.90 Å². The minimum atomic E-state index is -0.0422.